The zero-order valence-corrected chi connectivity index (χ0v) is 17.6. The molecule has 2 aromatic rings. The molecule has 0 unspecified atom stereocenters. The van der Waals surface area contributed by atoms with Gasteiger partial charge in [0.2, 0.25) is 10.0 Å². The van der Waals surface area contributed by atoms with Crippen LogP contribution in [0.5, 0.6) is 0 Å². The van der Waals surface area contributed by atoms with Crippen LogP contribution < -0.4 is 10.0 Å². The zero-order valence-electron chi connectivity index (χ0n) is 15.9. The van der Waals surface area contributed by atoms with E-state index in [9.17, 15) is 34.8 Å². The predicted molar refractivity (Wildman–Crippen MR) is 107 cm³/mol. The number of nitrogens with one attached hydrogen (secondary N) is 2. The number of carbonyl (C=O) groups is 1. The molecule has 12 heteroatoms. The van der Waals surface area contributed by atoms with Crippen LogP contribution in [-0.2, 0) is 19.9 Å². The van der Waals surface area contributed by atoms with Crippen LogP contribution in [0.25, 0.3) is 0 Å². The van der Waals surface area contributed by atoms with E-state index in [0.29, 0.717) is 24.1 Å². The van der Waals surface area contributed by atoms with Crippen molar-refractivity contribution in [3.8, 4) is 0 Å². The number of sulfonamides is 1. The number of halogens is 3. The van der Waals surface area contributed by atoms with Crippen LogP contribution in [0.4, 0.5) is 24.5 Å². The summed E-state index contributed by atoms with van der Waals surface area (Å²) in [6.45, 7) is 3.30. The number of sulfone groups is 1. The van der Waals surface area contributed by atoms with Crippen LogP contribution >= 0.6 is 0 Å². The van der Waals surface area contributed by atoms with E-state index in [1.165, 1.54) is 18.2 Å². The Morgan fingerprint density at radius 2 is 1.53 bits per heavy atom. The van der Waals surface area contributed by atoms with Crippen molar-refractivity contribution in [2.45, 2.75) is 30.7 Å². The first-order valence-corrected chi connectivity index (χ1v) is 11.7. The van der Waals surface area contributed by atoms with Crippen LogP contribution in [0.15, 0.2) is 47.4 Å². The van der Waals surface area contributed by atoms with E-state index in [1.807, 2.05) is 0 Å². The first-order valence-electron chi connectivity index (χ1n) is 8.61. The Bertz CT molecular complexity index is 1140. The fourth-order valence-corrected chi connectivity index (χ4v) is 4.44. The van der Waals surface area contributed by atoms with Crippen LogP contribution in [0.3, 0.4) is 0 Å². The van der Waals surface area contributed by atoms with Gasteiger partial charge in [-0.05, 0) is 55.3 Å². The quantitative estimate of drug-likeness (QED) is 0.650. The first kappa shape index (κ1) is 23.7. The molecule has 2 aromatic carbocycles. The van der Waals surface area contributed by atoms with E-state index in [1.54, 1.807) is 13.8 Å². The van der Waals surface area contributed by atoms with E-state index in [0.717, 1.165) is 12.1 Å². The van der Waals surface area contributed by atoms with Gasteiger partial charge in [-0.1, -0.05) is 13.0 Å². The van der Waals surface area contributed by atoms with E-state index < -0.39 is 36.2 Å². The van der Waals surface area contributed by atoms with Gasteiger partial charge in [-0.25, -0.2) is 16.8 Å². The summed E-state index contributed by atoms with van der Waals surface area (Å²) in [5.41, 5.74) is -4.54. The van der Waals surface area contributed by atoms with Gasteiger partial charge < -0.3 is 5.32 Å². The molecule has 0 fully saturated rings. The minimum absolute atomic E-state index is 0.0732. The summed E-state index contributed by atoms with van der Waals surface area (Å²) in [5, 5.41) is 2.53. The molecule has 0 aromatic heterocycles. The Kier molecular flexibility index (Phi) is 6.82. The normalized spacial score (nSPS) is 12.4. The summed E-state index contributed by atoms with van der Waals surface area (Å²) in [5.74, 6) is -0.779. The van der Waals surface area contributed by atoms with Crippen molar-refractivity contribution in [3.63, 3.8) is 0 Å². The van der Waals surface area contributed by atoms with E-state index >= 15 is 0 Å². The molecule has 0 bridgehead atoms. The van der Waals surface area contributed by atoms with Crippen molar-refractivity contribution in [2.24, 2.45) is 0 Å². The molecule has 30 heavy (non-hydrogen) atoms. The number of alkyl halides is 3. The third-order valence-corrected chi connectivity index (χ3v) is 7.03. The third kappa shape index (κ3) is 5.30. The molecule has 0 aliphatic heterocycles. The summed E-state index contributed by atoms with van der Waals surface area (Å²) < 4.78 is 86.9. The number of hydrogen-bond acceptors (Lipinski definition) is 5. The van der Waals surface area contributed by atoms with Gasteiger partial charge in [0.05, 0.1) is 16.3 Å². The number of anilines is 2. The molecular formula is C18H19F3N2O5S2. The second kappa shape index (κ2) is 8.64. The average molecular weight is 464 g/mol. The number of hydrogen-bond donors (Lipinski definition) is 2. The maximum absolute atomic E-state index is 12.6. The Hall–Kier alpha value is -2.60. The van der Waals surface area contributed by atoms with Gasteiger partial charge in [0, 0.05) is 11.3 Å². The molecule has 0 aliphatic rings. The van der Waals surface area contributed by atoms with E-state index in [4.69, 9.17) is 0 Å². The Balaban J connectivity index is 2.24. The topological polar surface area (TPSA) is 109 Å². The SMILES string of the molecule is CCCS(=O)(=O)Nc1cccc(NC(=O)c2ccc(S(=O)(=O)C(F)(F)F)cc2)c1C. The van der Waals surface area contributed by atoms with Crippen molar-refractivity contribution >= 4 is 37.1 Å². The largest absolute Gasteiger partial charge is 0.501 e. The fourth-order valence-electron chi connectivity index (χ4n) is 2.48. The predicted octanol–water partition coefficient (Wildman–Crippen LogP) is 3.69. The molecule has 0 spiro atoms. The maximum Gasteiger partial charge on any atom is 0.501 e. The van der Waals surface area contributed by atoms with Gasteiger partial charge >= 0.3 is 5.51 Å². The van der Waals surface area contributed by atoms with Crippen molar-refractivity contribution in [1.82, 2.24) is 0 Å². The lowest BCUT2D eigenvalue weighted by Crippen LogP contribution is -2.23. The molecule has 0 heterocycles. The molecule has 0 aliphatic carbocycles. The Labute approximate surface area is 172 Å². The Morgan fingerprint density at radius 1 is 0.967 bits per heavy atom. The summed E-state index contributed by atoms with van der Waals surface area (Å²) >= 11 is 0. The van der Waals surface area contributed by atoms with Crippen molar-refractivity contribution < 1.29 is 34.8 Å². The summed E-state index contributed by atoms with van der Waals surface area (Å²) in [6, 6.07) is 7.86. The molecule has 2 N–H and O–H groups in total. The van der Waals surface area contributed by atoms with Crippen molar-refractivity contribution in [2.75, 3.05) is 15.8 Å². The number of amides is 1. The lowest BCUT2D eigenvalue weighted by atomic mass is 10.1. The molecule has 164 valence electrons. The molecule has 2 rings (SSSR count). The lowest BCUT2D eigenvalue weighted by Gasteiger charge is -2.14. The summed E-state index contributed by atoms with van der Waals surface area (Å²) in [7, 11) is -9.06. The highest BCUT2D eigenvalue weighted by Gasteiger charge is 2.46. The van der Waals surface area contributed by atoms with E-state index in [2.05, 4.69) is 10.0 Å². The standard InChI is InChI=1S/C18H19F3N2O5S2/c1-3-11-29(25,26)23-16-6-4-5-15(12(16)2)22-17(24)13-7-9-14(10-8-13)30(27,28)18(19,20)21/h4-10,23H,3,11H2,1-2H3,(H,22,24). The van der Waals surface area contributed by atoms with Gasteiger partial charge in [0.1, 0.15) is 0 Å². The second-order valence-corrected chi connectivity index (χ2v) is 10.1. The van der Waals surface area contributed by atoms with Crippen LogP contribution in [0.2, 0.25) is 0 Å². The van der Waals surface area contributed by atoms with Crippen LogP contribution in [-0.4, -0.2) is 34.0 Å². The number of rotatable bonds is 7. The molecule has 0 saturated carbocycles. The van der Waals surface area contributed by atoms with Gasteiger partial charge in [-0.3, -0.25) is 9.52 Å². The number of benzene rings is 2. The van der Waals surface area contributed by atoms with Crippen molar-refractivity contribution in [1.29, 1.82) is 0 Å². The van der Waals surface area contributed by atoms with E-state index in [-0.39, 0.29) is 22.7 Å². The molecule has 0 radical (unpaired) electrons. The minimum Gasteiger partial charge on any atom is -0.322 e. The van der Waals surface area contributed by atoms with Gasteiger partial charge in [0.25, 0.3) is 15.7 Å². The summed E-state index contributed by atoms with van der Waals surface area (Å²) in [6.07, 6.45) is 0.421. The van der Waals surface area contributed by atoms with Crippen LogP contribution in [0.1, 0.15) is 29.3 Å². The second-order valence-electron chi connectivity index (χ2n) is 6.33. The molecular weight excluding hydrogens is 445 g/mol. The highest BCUT2D eigenvalue weighted by atomic mass is 32.2. The zero-order chi connectivity index (χ0) is 22.7. The maximum atomic E-state index is 12.6. The monoisotopic (exact) mass is 464 g/mol. The fraction of sp³-hybridized carbons (Fsp3) is 0.278. The van der Waals surface area contributed by atoms with Crippen molar-refractivity contribution in [3.05, 3.63) is 53.6 Å². The molecule has 7 nitrogen and oxygen atoms in total. The number of carbonyl (C=O) groups excluding carboxylic acids is 1. The van der Waals surface area contributed by atoms with Crippen LogP contribution in [0, 0.1) is 6.92 Å². The highest BCUT2D eigenvalue weighted by Crippen LogP contribution is 2.30. The minimum atomic E-state index is -5.51. The Morgan fingerprint density at radius 3 is 2.07 bits per heavy atom. The summed E-state index contributed by atoms with van der Waals surface area (Å²) in [4.78, 5) is 11.4. The molecule has 0 atom stereocenters. The average Bonchev–Trinajstić information content (AvgIpc) is 2.64. The first-order chi connectivity index (χ1) is 13.8. The molecule has 1 amide bonds. The third-order valence-electron chi connectivity index (χ3n) is 4.05. The highest BCUT2D eigenvalue weighted by molar-refractivity contribution is 7.92. The smallest absolute Gasteiger partial charge is 0.322 e. The van der Waals surface area contributed by atoms with Gasteiger partial charge in [-0.15, -0.1) is 0 Å². The lowest BCUT2D eigenvalue weighted by molar-refractivity contribution is -0.0436. The molecule has 0 saturated heterocycles. The van der Waals surface area contributed by atoms with Gasteiger partial charge in [-0.2, -0.15) is 13.2 Å². The van der Waals surface area contributed by atoms with Gasteiger partial charge in [0.15, 0.2) is 0 Å².